The van der Waals surface area contributed by atoms with E-state index in [1.54, 1.807) is 17.1 Å². The van der Waals surface area contributed by atoms with Gasteiger partial charge in [0, 0.05) is 26.5 Å². The van der Waals surface area contributed by atoms with E-state index in [4.69, 9.17) is 5.26 Å². The monoisotopic (exact) mass is 176 g/mol. The van der Waals surface area contributed by atoms with Crippen molar-refractivity contribution in [1.82, 2.24) is 14.7 Å². The number of hydrogen-bond donors (Lipinski definition) is 0. The lowest BCUT2D eigenvalue weighted by Gasteiger charge is -2.05. The minimum absolute atomic E-state index is 0.512. The second-order valence-corrected chi connectivity index (χ2v) is 3.05. The molecule has 68 valence electrons. The summed E-state index contributed by atoms with van der Waals surface area (Å²) in [5.41, 5.74) is 1.55. The molecule has 0 bridgehead atoms. The Balaban J connectivity index is 2.99. The van der Waals surface area contributed by atoms with Crippen LogP contribution < -0.4 is 0 Å². The SMILES string of the molecule is Cc1cnn(/C(C#N)=C/N(C)C)c1. The van der Waals surface area contributed by atoms with Crippen molar-refractivity contribution in [2.75, 3.05) is 14.1 Å². The number of nitrogens with zero attached hydrogens (tertiary/aromatic N) is 4. The molecule has 0 spiro atoms. The van der Waals surface area contributed by atoms with E-state index in [2.05, 4.69) is 11.2 Å². The zero-order valence-electron chi connectivity index (χ0n) is 8.02. The molecule has 1 rings (SSSR count). The van der Waals surface area contributed by atoms with Crippen molar-refractivity contribution in [1.29, 1.82) is 5.26 Å². The predicted molar refractivity (Wildman–Crippen MR) is 50.5 cm³/mol. The lowest BCUT2D eigenvalue weighted by atomic mass is 10.4. The van der Waals surface area contributed by atoms with Gasteiger partial charge in [-0.1, -0.05) is 0 Å². The zero-order valence-corrected chi connectivity index (χ0v) is 8.02. The van der Waals surface area contributed by atoms with Crippen LogP contribution in [0.15, 0.2) is 18.6 Å². The summed E-state index contributed by atoms with van der Waals surface area (Å²) in [6.07, 6.45) is 5.27. The Bertz CT molecular complexity index is 354. The van der Waals surface area contributed by atoms with Crippen LogP contribution in [0, 0.1) is 18.3 Å². The fraction of sp³-hybridized carbons (Fsp3) is 0.333. The van der Waals surface area contributed by atoms with Gasteiger partial charge < -0.3 is 4.90 Å². The summed E-state index contributed by atoms with van der Waals surface area (Å²) < 4.78 is 1.56. The third-order valence-corrected chi connectivity index (χ3v) is 1.45. The first-order valence-electron chi connectivity index (χ1n) is 3.93. The standard InChI is InChI=1S/C9H12N4/c1-8-5-11-13(6-8)9(4-10)7-12(2)3/h5-7H,1-3H3/b9-7+. The Morgan fingerprint density at radius 1 is 1.69 bits per heavy atom. The highest BCUT2D eigenvalue weighted by molar-refractivity contribution is 5.58. The van der Waals surface area contributed by atoms with E-state index in [1.165, 1.54) is 0 Å². The van der Waals surface area contributed by atoms with Gasteiger partial charge in [0.05, 0.1) is 6.20 Å². The second-order valence-electron chi connectivity index (χ2n) is 3.05. The third kappa shape index (κ3) is 2.34. The average Bonchev–Trinajstić information content (AvgIpc) is 2.47. The normalized spacial score (nSPS) is 11.1. The molecular weight excluding hydrogens is 164 g/mol. The average molecular weight is 176 g/mol. The molecule has 0 aliphatic rings. The quantitative estimate of drug-likeness (QED) is 0.633. The van der Waals surface area contributed by atoms with Gasteiger partial charge in [0.2, 0.25) is 0 Å². The van der Waals surface area contributed by atoms with Crippen molar-refractivity contribution in [2.24, 2.45) is 0 Å². The molecule has 0 saturated heterocycles. The first kappa shape index (κ1) is 9.33. The van der Waals surface area contributed by atoms with Crippen LogP contribution in [0.2, 0.25) is 0 Å². The number of hydrogen-bond acceptors (Lipinski definition) is 3. The van der Waals surface area contributed by atoms with Gasteiger partial charge in [-0.3, -0.25) is 0 Å². The molecule has 0 radical (unpaired) electrons. The Labute approximate surface area is 77.7 Å². The highest BCUT2D eigenvalue weighted by atomic mass is 15.3. The number of allylic oxidation sites excluding steroid dienone is 1. The number of nitriles is 1. The van der Waals surface area contributed by atoms with Crippen LogP contribution in [0.5, 0.6) is 0 Å². The van der Waals surface area contributed by atoms with E-state index >= 15 is 0 Å². The van der Waals surface area contributed by atoms with Gasteiger partial charge in [-0.25, -0.2) is 4.68 Å². The topological polar surface area (TPSA) is 44.9 Å². The molecule has 1 aromatic rings. The lowest BCUT2D eigenvalue weighted by molar-refractivity contribution is 0.562. The van der Waals surface area contributed by atoms with Crippen LogP contribution in [0.4, 0.5) is 0 Å². The van der Waals surface area contributed by atoms with Gasteiger partial charge in [-0.15, -0.1) is 0 Å². The number of aromatic nitrogens is 2. The number of rotatable bonds is 2. The molecule has 1 heterocycles. The fourth-order valence-electron chi connectivity index (χ4n) is 0.928. The summed E-state index contributed by atoms with van der Waals surface area (Å²) in [7, 11) is 3.74. The molecule has 0 aliphatic heterocycles. The molecule has 0 unspecified atom stereocenters. The Kier molecular flexibility index (Phi) is 2.70. The van der Waals surface area contributed by atoms with Crippen molar-refractivity contribution in [3.8, 4) is 6.07 Å². The van der Waals surface area contributed by atoms with Gasteiger partial charge in [-0.05, 0) is 12.5 Å². The van der Waals surface area contributed by atoms with Crippen LogP contribution in [0.1, 0.15) is 5.56 Å². The molecule has 13 heavy (non-hydrogen) atoms. The largest absolute Gasteiger partial charge is 0.381 e. The summed E-state index contributed by atoms with van der Waals surface area (Å²) in [5, 5.41) is 12.9. The van der Waals surface area contributed by atoms with Crippen LogP contribution in [0.25, 0.3) is 5.70 Å². The van der Waals surface area contributed by atoms with Crippen molar-refractivity contribution in [3.63, 3.8) is 0 Å². The maximum Gasteiger partial charge on any atom is 0.157 e. The summed E-state index contributed by atoms with van der Waals surface area (Å²) in [6.45, 7) is 1.94. The smallest absolute Gasteiger partial charge is 0.157 e. The summed E-state index contributed by atoms with van der Waals surface area (Å²) >= 11 is 0. The Hall–Kier alpha value is -1.76. The van der Waals surface area contributed by atoms with Crippen LogP contribution in [0.3, 0.4) is 0 Å². The maximum atomic E-state index is 8.83. The molecule has 0 amide bonds. The zero-order chi connectivity index (χ0) is 9.84. The highest BCUT2D eigenvalue weighted by Crippen LogP contribution is 2.04. The van der Waals surface area contributed by atoms with E-state index < -0.39 is 0 Å². The molecule has 0 fully saturated rings. The molecule has 4 nitrogen and oxygen atoms in total. The van der Waals surface area contributed by atoms with Crippen LogP contribution in [-0.2, 0) is 0 Å². The lowest BCUT2D eigenvalue weighted by Crippen LogP contribution is -2.05. The summed E-state index contributed by atoms with van der Waals surface area (Å²) in [4.78, 5) is 1.82. The van der Waals surface area contributed by atoms with Gasteiger partial charge in [-0.2, -0.15) is 10.4 Å². The fourth-order valence-corrected chi connectivity index (χ4v) is 0.928. The molecule has 0 aromatic carbocycles. The van der Waals surface area contributed by atoms with Crippen molar-refractivity contribution < 1.29 is 0 Å². The Morgan fingerprint density at radius 3 is 2.77 bits per heavy atom. The highest BCUT2D eigenvalue weighted by Gasteiger charge is 2.00. The minimum Gasteiger partial charge on any atom is -0.381 e. The molecular formula is C9H12N4. The summed E-state index contributed by atoms with van der Waals surface area (Å²) in [6, 6.07) is 2.08. The molecule has 0 N–H and O–H groups in total. The molecule has 4 heteroatoms. The van der Waals surface area contributed by atoms with Gasteiger partial charge in [0.1, 0.15) is 6.07 Å². The van der Waals surface area contributed by atoms with E-state index in [0.29, 0.717) is 5.70 Å². The van der Waals surface area contributed by atoms with Gasteiger partial charge in [0.15, 0.2) is 5.70 Å². The third-order valence-electron chi connectivity index (χ3n) is 1.45. The van der Waals surface area contributed by atoms with Gasteiger partial charge in [0.25, 0.3) is 0 Å². The first-order valence-corrected chi connectivity index (χ1v) is 3.93. The first-order chi connectivity index (χ1) is 6.13. The van der Waals surface area contributed by atoms with Crippen LogP contribution in [-0.4, -0.2) is 28.8 Å². The van der Waals surface area contributed by atoms with E-state index in [0.717, 1.165) is 5.56 Å². The van der Waals surface area contributed by atoms with E-state index in [9.17, 15) is 0 Å². The molecule has 1 aromatic heterocycles. The molecule has 0 aliphatic carbocycles. The van der Waals surface area contributed by atoms with Crippen molar-refractivity contribution >= 4 is 5.70 Å². The maximum absolute atomic E-state index is 8.83. The van der Waals surface area contributed by atoms with Crippen molar-refractivity contribution in [2.45, 2.75) is 6.92 Å². The predicted octanol–water partition coefficient (Wildman–Crippen LogP) is 1.08. The van der Waals surface area contributed by atoms with Crippen LogP contribution >= 0.6 is 0 Å². The van der Waals surface area contributed by atoms with Crippen molar-refractivity contribution in [3.05, 3.63) is 24.2 Å². The molecule has 0 saturated carbocycles. The van der Waals surface area contributed by atoms with Gasteiger partial charge >= 0.3 is 0 Å². The molecule has 0 atom stereocenters. The second kappa shape index (κ2) is 3.76. The summed E-state index contributed by atoms with van der Waals surface area (Å²) in [5.74, 6) is 0. The van der Waals surface area contributed by atoms with E-state index in [-0.39, 0.29) is 0 Å². The Morgan fingerprint density at radius 2 is 2.38 bits per heavy atom. The minimum atomic E-state index is 0.512. The van der Waals surface area contributed by atoms with E-state index in [1.807, 2.05) is 32.1 Å². The number of aryl methyl sites for hydroxylation is 1.